The Morgan fingerprint density at radius 2 is 2.00 bits per heavy atom. The van der Waals surface area contributed by atoms with E-state index in [0.717, 1.165) is 47.5 Å². The standard InChI is InChI=1S/C14H23NO3S2/c1-10-8-13(19-12(10)9-16)20(17,18)15-11-4-6-14(2,3)7-5-11/h8,11,15-16H,4-7,9H2,1-3H3. The van der Waals surface area contributed by atoms with E-state index in [9.17, 15) is 13.5 Å². The van der Waals surface area contributed by atoms with Gasteiger partial charge in [0.2, 0.25) is 10.0 Å². The Labute approximate surface area is 125 Å². The van der Waals surface area contributed by atoms with Crippen LogP contribution in [0.5, 0.6) is 0 Å². The number of aliphatic hydroxyl groups is 1. The molecule has 1 aliphatic rings. The van der Waals surface area contributed by atoms with Crippen molar-refractivity contribution in [1.82, 2.24) is 4.72 Å². The number of aryl methyl sites for hydroxylation is 1. The highest BCUT2D eigenvalue weighted by atomic mass is 32.2. The van der Waals surface area contributed by atoms with Crippen LogP contribution >= 0.6 is 11.3 Å². The molecule has 1 aliphatic carbocycles. The summed E-state index contributed by atoms with van der Waals surface area (Å²) in [4.78, 5) is 0.718. The third-order valence-electron chi connectivity index (χ3n) is 4.07. The fourth-order valence-electron chi connectivity index (χ4n) is 2.57. The first-order valence-electron chi connectivity index (χ1n) is 6.96. The number of hydrogen-bond donors (Lipinski definition) is 2. The molecule has 0 saturated heterocycles. The van der Waals surface area contributed by atoms with E-state index >= 15 is 0 Å². The lowest BCUT2D eigenvalue weighted by molar-refractivity contribution is 0.218. The Morgan fingerprint density at radius 1 is 1.40 bits per heavy atom. The lowest BCUT2D eigenvalue weighted by Crippen LogP contribution is -2.38. The first-order valence-corrected chi connectivity index (χ1v) is 9.26. The maximum Gasteiger partial charge on any atom is 0.250 e. The van der Waals surface area contributed by atoms with Gasteiger partial charge in [0.25, 0.3) is 0 Å². The number of thiophene rings is 1. The molecular formula is C14H23NO3S2. The SMILES string of the molecule is Cc1cc(S(=O)(=O)NC2CCC(C)(C)CC2)sc1CO. The van der Waals surface area contributed by atoms with Gasteiger partial charge in [0.05, 0.1) is 6.61 Å². The summed E-state index contributed by atoms with van der Waals surface area (Å²) in [5.41, 5.74) is 1.16. The number of hydrogen-bond acceptors (Lipinski definition) is 4. The Kier molecular flexibility index (Phi) is 4.59. The largest absolute Gasteiger partial charge is 0.391 e. The Hall–Kier alpha value is -0.430. The molecule has 1 fully saturated rings. The average molecular weight is 317 g/mol. The third kappa shape index (κ3) is 3.61. The zero-order chi connectivity index (χ0) is 15.0. The summed E-state index contributed by atoms with van der Waals surface area (Å²) >= 11 is 1.15. The summed E-state index contributed by atoms with van der Waals surface area (Å²) in [6, 6.07) is 1.68. The van der Waals surface area contributed by atoms with E-state index in [-0.39, 0.29) is 12.6 Å². The predicted octanol–water partition coefficient (Wildman–Crippen LogP) is 2.80. The highest BCUT2D eigenvalue weighted by Gasteiger charge is 2.30. The number of sulfonamides is 1. The van der Waals surface area contributed by atoms with Gasteiger partial charge in [-0.05, 0) is 49.7 Å². The molecule has 0 aliphatic heterocycles. The minimum Gasteiger partial charge on any atom is -0.391 e. The highest BCUT2D eigenvalue weighted by molar-refractivity contribution is 7.91. The van der Waals surface area contributed by atoms with Crippen LogP contribution in [0.15, 0.2) is 10.3 Å². The molecule has 2 rings (SSSR count). The van der Waals surface area contributed by atoms with Crippen LogP contribution in [-0.2, 0) is 16.6 Å². The molecule has 2 N–H and O–H groups in total. The summed E-state index contributed by atoms with van der Waals surface area (Å²) in [6.07, 6.45) is 3.88. The summed E-state index contributed by atoms with van der Waals surface area (Å²) in [5.74, 6) is 0. The van der Waals surface area contributed by atoms with Crippen molar-refractivity contribution in [1.29, 1.82) is 0 Å². The Morgan fingerprint density at radius 3 is 2.50 bits per heavy atom. The van der Waals surface area contributed by atoms with Crippen molar-refractivity contribution in [3.63, 3.8) is 0 Å². The van der Waals surface area contributed by atoms with Crippen LogP contribution in [-0.4, -0.2) is 19.6 Å². The molecule has 0 atom stereocenters. The van der Waals surface area contributed by atoms with Gasteiger partial charge < -0.3 is 5.11 Å². The van der Waals surface area contributed by atoms with Crippen LogP contribution in [0.2, 0.25) is 0 Å². The van der Waals surface area contributed by atoms with Gasteiger partial charge in [-0.2, -0.15) is 0 Å². The van der Waals surface area contributed by atoms with Crippen molar-refractivity contribution in [3.05, 3.63) is 16.5 Å². The number of rotatable bonds is 4. The first-order chi connectivity index (χ1) is 9.23. The molecular weight excluding hydrogens is 294 g/mol. The average Bonchev–Trinajstić information content (AvgIpc) is 2.74. The summed E-state index contributed by atoms with van der Waals surface area (Å²) in [5, 5.41) is 9.17. The molecule has 20 heavy (non-hydrogen) atoms. The Balaban J connectivity index is 2.08. The summed E-state index contributed by atoms with van der Waals surface area (Å²) in [6.45, 7) is 6.18. The number of nitrogens with one attached hydrogen (secondary N) is 1. The molecule has 0 aromatic carbocycles. The highest BCUT2D eigenvalue weighted by Crippen LogP contribution is 2.36. The van der Waals surface area contributed by atoms with Gasteiger partial charge in [-0.3, -0.25) is 0 Å². The third-order valence-corrected chi connectivity index (χ3v) is 7.28. The minimum atomic E-state index is -3.45. The van der Waals surface area contributed by atoms with Crippen molar-refractivity contribution in [2.75, 3.05) is 0 Å². The fourth-order valence-corrected chi connectivity index (χ4v) is 5.34. The molecule has 1 aromatic rings. The van der Waals surface area contributed by atoms with E-state index in [1.807, 2.05) is 6.92 Å². The van der Waals surface area contributed by atoms with Gasteiger partial charge in [0, 0.05) is 10.9 Å². The summed E-state index contributed by atoms with van der Waals surface area (Å²) in [7, 11) is -3.45. The van der Waals surface area contributed by atoms with Gasteiger partial charge in [0.15, 0.2) is 0 Å². The molecule has 0 spiro atoms. The van der Waals surface area contributed by atoms with E-state index in [2.05, 4.69) is 18.6 Å². The van der Waals surface area contributed by atoms with Gasteiger partial charge in [-0.25, -0.2) is 13.1 Å². The second kappa shape index (κ2) is 5.75. The summed E-state index contributed by atoms with van der Waals surface area (Å²) < 4.78 is 27.8. The molecule has 0 amide bonds. The van der Waals surface area contributed by atoms with Crippen LogP contribution in [0.1, 0.15) is 50.0 Å². The quantitative estimate of drug-likeness (QED) is 0.897. The molecule has 114 valence electrons. The molecule has 0 radical (unpaired) electrons. The van der Waals surface area contributed by atoms with Crippen molar-refractivity contribution in [2.24, 2.45) is 5.41 Å². The van der Waals surface area contributed by atoms with Crippen LogP contribution in [0.25, 0.3) is 0 Å². The lowest BCUT2D eigenvalue weighted by atomic mass is 9.76. The van der Waals surface area contributed by atoms with Crippen LogP contribution < -0.4 is 4.72 Å². The maximum absolute atomic E-state index is 12.4. The molecule has 4 nitrogen and oxygen atoms in total. The van der Waals surface area contributed by atoms with Gasteiger partial charge in [-0.1, -0.05) is 13.8 Å². The van der Waals surface area contributed by atoms with E-state index in [1.54, 1.807) is 6.07 Å². The van der Waals surface area contributed by atoms with E-state index < -0.39 is 10.0 Å². The molecule has 0 bridgehead atoms. The minimum absolute atomic E-state index is 0.0352. The zero-order valence-corrected chi connectivity index (χ0v) is 13.9. The van der Waals surface area contributed by atoms with Gasteiger partial charge in [0.1, 0.15) is 4.21 Å². The van der Waals surface area contributed by atoms with E-state index in [0.29, 0.717) is 9.62 Å². The predicted molar refractivity (Wildman–Crippen MR) is 81.3 cm³/mol. The molecule has 1 aromatic heterocycles. The van der Waals surface area contributed by atoms with Gasteiger partial charge in [-0.15, -0.1) is 11.3 Å². The normalized spacial score (nSPS) is 20.2. The van der Waals surface area contributed by atoms with Crippen LogP contribution in [0.3, 0.4) is 0 Å². The van der Waals surface area contributed by atoms with Crippen molar-refractivity contribution in [3.8, 4) is 0 Å². The molecule has 6 heteroatoms. The smallest absolute Gasteiger partial charge is 0.250 e. The second-order valence-corrected chi connectivity index (χ2v) is 9.47. The fraction of sp³-hybridized carbons (Fsp3) is 0.714. The molecule has 0 unspecified atom stereocenters. The van der Waals surface area contributed by atoms with Crippen molar-refractivity contribution in [2.45, 2.75) is 63.3 Å². The first kappa shape index (κ1) is 15.9. The van der Waals surface area contributed by atoms with E-state index in [4.69, 9.17) is 0 Å². The van der Waals surface area contributed by atoms with Crippen molar-refractivity contribution >= 4 is 21.4 Å². The van der Waals surface area contributed by atoms with Gasteiger partial charge >= 0.3 is 0 Å². The Bertz CT molecular complexity index is 565. The topological polar surface area (TPSA) is 66.4 Å². The maximum atomic E-state index is 12.4. The monoisotopic (exact) mass is 317 g/mol. The lowest BCUT2D eigenvalue weighted by Gasteiger charge is -2.34. The zero-order valence-electron chi connectivity index (χ0n) is 12.3. The second-order valence-electron chi connectivity index (χ2n) is 6.39. The number of aliphatic hydroxyl groups excluding tert-OH is 1. The van der Waals surface area contributed by atoms with Crippen molar-refractivity contribution < 1.29 is 13.5 Å². The molecule has 1 heterocycles. The van der Waals surface area contributed by atoms with Crippen LogP contribution in [0.4, 0.5) is 0 Å². The molecule has 1 saturated carbocycles. The van der Waals surface area contributed by atoms with E-state index in [1.165, 1.54) is 0 Å². The van der Waals surface area contributed by atoms with Crippen LogP contribution in [0, 0.1) is 12.3 Å².